The number of aromatic nitrogens is 1. The fourth-order valence-corrected chi connectivity index (χ4v) is 2.19. The zero-order valence-electron chi connectivity index (χ0n) is 9.74. The monoisotopic (exact) mass is 302 g/mol. The Hall–Kier alpha value is -2.06. The van der Waals surface area contributed by atoms with Crippen molar-refractivity contribution >= 4 is 33.1 Å². The molecular formula is C13H11BrN4. The molecule has 0 saturated carbocycles. The van der Waals surface area contributed by atoms with Crippen molar-refractivity contribution in [1.82, 2.24) is 4.98 Å². The van der Waals surface area contributed by atoms with Crippen LogP contribution < -0.4 is 11.1 Å². The van der Waals surface area contributed by atoms with Crippen molar-refractivity contribution in [2.75, 3.05) is 11.1 Å². The SMILES string of the molecule is Cc1cc(Br)cc(Nc2ccc(N)c(C#N)n2)c1. The molecule has 2 rings (SSSR count). The molecule has 1 aromatic heterocycles. The van der Waals surface area contributed by atoms with Crippen LogP contribution in [0.2, 0.25) is 0 Å². The predicted octanol–water partition coefficient (Wildman–Crippen LogP) is 3.35. The molecule has 0 aliphatic heterocycles. The summed E-state index contributed by atoms with van der Waals surface area (Å²) in [5, 5.41) is 12.0. The third kappa shape index (κ3) is 2.79. The summed E-state index contributed by atoms with van der Waals surface area (Å²) in [6, 6.07) is 11.3. The molecule has 0 atom stereocenters. The number of nitrogens with zero attached hydrogens (tertiary/aromatic N) is 2. The van der Waals surface area contributed by atoms with Crippen LogP contribution in [0.1, 0.15) is 11.3 Å². The summed E-state index contributed by atoms with van der Waals surface area (Å²) in [5.41, 5.74) is 8.27. The van der Waals surface area contributed by atoms with Crippen molar-refractivity contribution in [3.63, 3.8) is 0 Å². The van der Waals surface area contributed by atoms with Crippen LogP contribution in [-0.4, -0.2) is 4.98 Å². The minimum atomic E-state index is 0.228. The molecule has 0 radical (unpaired) electrons. The Morgan fingerprint density at radius 2 is 2.11 bits per heavy atom. The average molecular weight is 303 g/mol. The maximum absolute atomic E-state index is 8.87. The minimum Gasteiger partial charge on any atom is -0.396 e. The first-order valence-corrected chi connectivity index (χ1v) is 6.08. The third-order valence-electron chi connectivity index (χ3n) is 2.35. The Balaban J connectivity index is 2.31. The van der Waals surface area contributed by atoms with Crippen molar-refractivity contribution in [3.8, 4) is 6.07 Å². The summed E-state index contributed by atoms with van der Waals surface area (Å²) in [6.07, 6.45) is 0. The molecule has 0 bridgehead atoms. The molecule has 4 nitrogen and oxygen atoms in total. The molecule has 0 amide bonds. The largest absolute Gasteiger partial charge is 0.396 e. The molecule has 2 aromatic rings. The highest BCUT2D eigenvalue weighted by Gasteiger charge is 2.03. The topological polar surface area (TPSA) is 74.7 Å². The number of nitriles is 1. The van der Waals surface area contributed by atoms with E-state index in [0.29, 0.717) is 11.5 Å². The maximum atomic E-state index is 8.87. The summed E-state index contributed by atoms with van der Waals surface area (Å²) >= 11 is 3.43. The Morgan fingerprint density at radius 3 is 2.78 bits per heavy atom. The van der Waals surface area contributed by atoms with Gasteiger partial charge in [0.25, 0.3) is 0 Å². The van der Waals surface area contributed by atoms with E-state index in [2.05, 4.69) is 26.2 Å². The molecule has 0 saturated heterocycles. The number of anilines is 3. The number of nitrogens with two attached hydrogens (primary N) is 1. The first-order chi connectivity index (χ1) is 8.58. The lowest BCUT2D eigenvalue weighted by molar-refractivity contribution is 1.26. The van der Waals surface area contributed by atoms with Crippen molar-refractivity contribution in [2.24, 2.45) is 0 Å². The van der Waals surface area contributed by atoms with Crippen LogP contribution in [0, 0.1) is 18.3 Å². The van der Waals surface area contributed by atoms with Gasteiger partial charge in [-0.25, -0.2) is 4.98 Å². The molecule has 0 spiro atoms. The summed E-state index contributed by atoms with van der Waals surface area (Å²) in [5.74, 6) is 0.596. The number of hydrogen-bond acceptors (Lipinski definition) is 4. The smallest absolute Gasteiger partial charge is 0.165 e. The number of aryl methyl sites for hydroxylation is 1. The van der Waals surface area contributed by atoms with Gasteiger partial charge >= 0.3 is 0 Å². The van der Waals surface area contributed by atoms with Gasteiger partial charge in [-0.15, -0.1) is 0 Å². The van der Waals surface area contributed by atoms with Gasteiger partial charge in [-0.1, -0.05) is 15.9 Å². The Morgan fingerprint density at radius 1 is 1.33 bits per heavy atom. The first-order valence-electron chi connectivity index (χ1n) is 5.29. The van der Waals surface area contributed by atoms with Gasteiger partial charge < -0.3 is 11.1 Å². The van der Waals surface area contributed by atoms with E-state index in [1.54, 1.807) is 12.1 Å². The molecule has 1 aromatic carbocycles. The van der Waals surface area contributed by atoms with E-state index in [9.17, 15) is 0 Å². The Labute approximate surface area is 114 Å². The van der Waals surface area contributed by atoms with Crippen LogP contribution in [0.4, 0.5) is 17.2 Å². The van der Waals surface area contributed by atoms with E-state index in [4.69, 9.17) is 11.0 Å². The van der Waals surface area contributed by atoms with E-state index < -0.39 is 0 Å². The summed E-state index contributed by atoms with van der Waals surface area (Å²) in [7, 11) is 0. The van der Waals surface area contributed by atoms with Gasteiger partial charge in [-0.2, -0.15) is 5.26 Å². The number of halogens is 1. The molecule has 0 aliphatic carbocycles. The van der Waals surface area contributed by atoms with Crippen LogP contribution >= 0.6 is 15.9 Å². The molecule has 3 N–H and O–H groups in total. The van der Waals surface area contributed by atoms with Crippen LogP contribution in [0.3, 0.4) is 0 Å². The second-order valence-corrected chi connectivity index (χ2v) is 4.80. The molecular weight excluding hydrogens is 292 g/mol. The standard InChI is InChI=1S/C13H11BrN4/c1-8-4-9(14)6-10(5-8)17-13-3-2-11(16)12(7-15)18-13/h2-6H,16H2,1H3,(H,17,18). The van der Waals surface area contributed by atoms with E-state index >= 15 is 0 Å². The van der Waals surface area contributed by atoms with Crippen LogP contribution in [0.5, 0.6) is 0 Å². The van der Waals surface area contributed by atoms with E-state index in [-0.39, 0.29) is 5.69 Å². The molecule has 1 heterocycles. The molecule has 18 heavy (non-hydrogen) atoms. The highest BCUT2D eigenvalue weighted by molar-refractivity contribution is 9.10. The minimum absolute atomic E-state index is 0.228. The molecule has 0 fully saturated rings. The normalized spacial score (nSPS) is 9.83. The zero-order valence-corrected chi connectivity index (χ0v) is 11.3. The maximum Gasteiger partial charge on any atom is 0.165 e. The van der Waals surface area contributed by atoms with E-state index in [0.717, 1.165) is 15.7 Å². The fourth-order valence-electron chi connectivity index (χ4n) is 1.59. The highest BCUT2D eigenvalue weighted by Crippen LogP contribution is 2.22. The number of nitrogen functional groups attached to an aromatic ring is 1. The van der Waals surface area contributed by atoms with Crippen molar-refractivity contribution in [2.45, 2.75) is 6.92 Å². The lowest BCUT2D eigenvalue weighted by Gasteiger charge is -2.08. The van der Waals surface area contributed by atoms with Gasteiger partial charge in [-0.3, -0.25) is 0 Å². The number of nitrogens with one attached hydrogen (secondary N) is 1. The van der Waals surface area contributed by atoms with Crippen LogP contribution in [0.15, 0.2) is 34.8 Å². The van der Waals surface area contributed by atoms with Gasteiger partial charge in [0.2, 0.25) is 0 Å². The summed E-state index contributed by atoms with van der Waals surface area (Å²) in [6.45, 7) is 2.01. The lowest BCUT2D eigenvalue weighted by Crippen LogP contribution is -1.99. The summed E-state index contributed by atoms with van der Waals surface area (Å²) in [4.78, 5) is 4.13. The van der Waals surface area contributed by atoms with Crippen LogP contribution in [0.25, 0.3) is 0 Å². The van der Waals surface area contributed by atoms with Crippen molar-refractivity contribution in [3.05, 3.63) is 46.1 Å². The van der Waals surface area contributed by atoms with Gasteiger partial charge in [0, 0.05) is 10.2 Å². The van der Waals surface area contributed by atoms with Crippen molar-refractivity contribution in [1.29, 1.82) is 5.26 Å². The predicted molar refractivity (Wildman–Crippen MR) is 75.5 cm³/mol. The fraction of sp³-hybridized carbons (Fsp3) is 0.0769. The third-order valence-corrected chi connectivity index (χ3v) is 2.80. The number of benzene rings is 1. The second kappa shape index (κ2) is 5.07. The second-order valence-electron chi connectivity index (χ2n) is 3.89. The van der Waals surface area contributed by atoms with Gasteiger partial charge in [-0.05, 0) is 42.8 Å². The zero-order chi connectivity index (χ0) is 13.1. The van der Waals surface area contributed by atoms with Crippen LogP contribution in [-0.2, 0) is 0 Å². The number of hydrogen-bond donors (Lipinski definition) is 2. The van der Waals surface area contributed by atoms with E-state index in [1.165, 1.54) is 0 Å². The van der Waals surface area contributed by atoms with E-state index in [1.807, 2.05) is 31.2 Å². The first kappa shape index (κ1) is 12.4. The summed E-state index contributed by atoms with van der Waals surface area (Å²) < 4.78 is 0.987. The van der Waals surface area contributed by atoms with Gasteiger partial charge in [0.05, 0.1) is 5.69 Å². The number of rotatable bonds is 2. The van der Waals surface area contributed by atoms with Gasteiger partial charge in [0.1, 0.15) is 11.9 Å². The Bertz CT molecular complexity index is 611. The van der Waals surface area contributed by atoms with Gasteiger partial charge in [0.15, 0.2) is 5.69 Å². The molecule has 90 valence electrons. The Kier molecular flexibility index (Phi) is 3.49. The molecule has 0 unspecified atom stereocenters. The van der Waals surface area contributed by atoms with Crippen molar-refractivity contribution < 1.29 is 0 Å². The lowest BCUT2D eigenvalue weighted by atomic mass is 10.2. The number of pyridine rings is 1. The highest BCUT2D eigenvalue weighted by atomic mass is 79.9. The average Bonchev–Trinajstić information content (AvgIpc) is 2.30. The molecule has 5 heteroatoms. The molecule has 0 aliphatic rings. The quantitative estimate of drug-likeness (QED) is 0.892.